The molecule has 4 rings (SSSR count). The monoisotopic (exact) mass is 621 g/mol. The number of carbonyl (C=O) groups is 1. The molecule has 1 fully saturated rings. The first kappa shape index (κ1) is 31.7. The van der Waals surface area contributed by atoms with Crippen molar-refractivity contribution in [2.45, 2.75) is 65.5 Å². The number of hydrogen-bond acceptors (Lipinski definition) is 7. The summed E-state index contributed by atoms with van der Waals surface area (Å²) < 4.78 is 37.9. The second-order valence-electron chi connectivity index (χ2n) is 10.9. The van der Waals surface area contributed by atoms with Crippen LogP contribution < -0.4 is 19.5 Å². The number of nitrogens with one attached hydrogen (secondary N) is 2. The van der Waals surface area contributed by atoms with Crippen molar-refractivity contribution in [3.05, 3.63) is 46.3 Å². The highest BCUT2D eigenvalue weighted by Crippen LogP contribution is 2.41. The van der Waals surface area contributed by atoms with E-state index < -0.39 is 5.82 Å². The molecule has 0 unspecified atom stereocenters. The smallest absolute Gasteiger partial charge is 0.197 e. The van der Waals surface area contributed by atoms with Gasteiger partial charge in [-0.2, -0.15) is 0 Å². The van der Waals surface area contributed by atoms with Crippen molar-refractivity contribution in [1.82, 2.24) is 4.90 Å². The van der Waals surface area contributed by atoms with Gasteiger partial charge in [0.25, 0.3) is 0 Å². The molecule has 0 radical (unpaired) electrons. The van der Waals surface area contributed by atoms with E-state index in [0.29, 0.717) is 36.7 Å². The van der Waals surface area contributed by atoms with Gasteiger partial charge < -0.3 is 29.2 Å². The molecule has 1 saturated heterocycles. The van der Waals surface area contributed by atoms with Crippen molar-refractivity contribution in [3.63, 3.8) is 0 Å². The lowest BCUT2D eigenvalue weighted by molar-refractivity contribution is 0.0903. The highest BCUT2D eigenvalue weighted by Gasteiger charge is 2.34. The van der Waals surface area contributed by atoms with Gasteiger partial charge in [0.15, 0.2) is 23.1 Å². The number of Topliss-reactive ketones (excluding diaryl/α,β-unsaturated/α-hetero) is 1. The second kappa shape index (κ2) is 13.2. The van der Waals surface area contributed by atoms with Crippen LogP contribution in [0.1, 0.15) is 74.5 Å². The maximum absolute atomic E-state index is 15.5. The molecule has 0 atom stereocenters. The van der Waals surface area contributed by atoms with Crippen LogP contribution in [0, 0.1) is 11.2 Å². The Morgan fingerprint density at radius 3 is 2.40 bits per heavy atom. The van der Waals surface area contributed by atoms with Gasteiger partial charge in [0.2, 0.25) is 0 Å². The Morgan fingerprint density at radius 2 is 1.80 bits per heavy atom. The molecule has 0 amide bonds. The first-order valence-corrected chi connectivity index (χ1v) is 13.6. The molecule has 40 heavy (non-hydrogen) atoms. The van der Waals surface area contributed by atoms with Crippen molar-refractivity contribution in [2.75, 3.05) is 45.4 Å². The van der Waals surface area contributed by atoms with Gasteiger partial charge in [0, 0.05) is 36.9 Å². The molecular formula is C30H41BrFN3O5. The molecule has 0 bridgehead atoms. The van der Waals surface area contributed by atoms with Crippen LogP contribution in [0.2, 0.25) is 0 Å². The SMILES string of the molecule is Br.CCOc1cc2c(c(F)c1OCC)C(=N)N(CC(=O)c1cc(NC3CCOCC3)c(OC)c(C(C)(C)C)c1)C2. The molecule has 2 aliphatic rings. The van der Waals surface area contributed by atoms with E-state index in [1.807, 2.05) is 19.1 Å². The number of carbonyl (C=O) groups excluding carboxylic acids is 1. The Morgan fingerprint density at radius 1 is 1.12 bits per heavy atom. The Balaban J connectivity index is 0.00000441. The van der Waals surface area contributed by atoms with Gasteiger partial charge in [-0.05, 0) is 55.9 Å². The lowest BCUT2D eigenvalue weighted by Gasteiger charge is -2.29. The van der Waals surface area contributed by atoms with Crippen molar-refractivity contribution in [1.29, 1.82) is 5.41 Å². The number of benzene rings is 2. The van der Waals surface area contributed by atoms with E-state index in [0.717, 1.165) is 29.8 Å². The van der Waals surface area contributed by atoms with Gasteiger partial charge in [0.1, 0.15) is 11.6 Å². The average molecular weight is 623 g/mol. The molecule has 0 saturated carbocycles. The third-order valence-electron chi connectivity index (χ3n) is 7.11. The van der Waals surface area contributed by atoms with Crippen LogP contribution in [0.3, 0.4) is 0 Å². The fourth-order valence-corrected chi connectivity index (χ4v) is 5.16. The van der Waals surface area contributed by atoms with E-state index in [2.05, 4.69) is 26.1 Å². The number of methoxy groups -OCH3 is 1. The fourth-order valence-electron chi connectivity index (χ4n) is 5.16. The minimum atomic E-state index is -0.625. The van der Waals surface area contributed by atoms with Crippen LogP contribution in [0.4, 0.5) is 10.1 Å². The van der Waals surface area contributed by atoms with Gasteiger partial charge in [-0.1, -0.05) is 20.8 Å². The lowest BCUT2D eigenvalue weighted by Crippen LogP contribution is -2.31. The standard InChI is InChI=1S/C30H40FN3O5.BrH/c1-7-38-24-15-19-16-34(29(32)25(19)26(31)28(24)39-8-2)17-23(35)18-13-21(30(3,4)5)27(36-6)22(14-18)33-20-9-11-37-12-10-20;/h13-15,20,32-33H,7-12,16-17H2,1-6H3;1H. The second-order valence-corrected chi connectivity index (χ2v) is 10.9. The van der Waals surface area contributed by atoms with Crippen LogP contribution in [0.25, 0.3) is 0 Å². The van der Waals surface area contributed by atoms with Crippen LogP contribution in [0.5, 0.6) is 17.2 Å². The molecule has 2 heterocycles. The van der Waals surface area contributed by atoms with Gasteiger partial charge in [-0.3, -0.25) is 10.2 Å². The quantitative estimate of drug-likeness (QED) is 0.309. The minimum absolute atomic E-state index is 0. The molecule has 2 aromatic carbocycles. The summed E-state index contributed by atoms with van der Waals surface area (Å²) >= 11 is 0. The number of nitrogens with zero attached hydrogens (tertiary/aromatic N) is 1. The number of rotatable bonds is 10. The zero-order valence-corrected chi connectivity index (χ0v) is 26.0. The summed E-state index contributed by atoms with van der Waals surface area (Å²) in [5.74, 6) is 0.215. The molecule has 220 valence electrons. The molecule has 0 aliphatic carbocycles. The molecule has 10 heteroatoms. The first-order chi connectivity index (χ1) is 18.6. The Kier molecular flexibility index (Phi) is 10.5. The number of fused-ring (bicyclic) bond motifs is 1. The van der Waals surface area contributed by atoms with Crippen molar-refractivity contribution < 1.29 is 28.1 Å². The first-order valence-electron chi connectivity index (χ1n) is 13.6. The normalized spacial score (nSPS) is 15.4. The van der Waals surface area contributed by atoms with Crippen LogP contribution in [-0.4, -0.2) is 62.6 Å². The van der Waals surface area contributed by atoms with E-state index >= 15 is 4.39 Å². The number of ketones is 1. The summed E-state index contributed by atoms with van der Waals surface area (Å²) in [6.45, 7) is 12.0. The summed E-state index contributed by atoms with van der Waals surface area (Å²) in [6, 6.07) is 5.64. The van der Waals surface area contributed by atoms with Crippen LogP contribution in [0.15, 0.2) is 18.2 Å². The summed E-state index contributed by atoms with van der Waals surface area (Å²) in [5, 5.41) is 12.3. The topological polar surface area (TPSA) is 93.1 Å². The van der Waals surface area contributed by atoms with Gasteiger partial charge in [0.05, 0.1) is 38.1 Å². The van der Waals surface area contributed by atoms with Crippen molar-refractivity contribution in [2.24, 2.45) is 0 Å². The van der Waals surface area contributed by atoms with E-state index in [1.165, 1.54) is 0 Å². The highest BCUT2D eigenvalue weighted by atomic mass is 79.9. The number of anilines is 1. The van der Waals surface area contributed by atoms with Gasteiger partial charge >= 0.3 is 0 Å². The van der Waals surface area contributed by atoms with Gasteiger partial charge in [-0.25, -0.2) is 4.39 Å². The maximum atomic E-state index is 15.5. The zero-order chi connectivity index (χ0) is 28.3. The number of hydrogen-bond donors (Lipinski definition) is 2. The Labute approximate surface area is 246 Å². The predicted octanol–water partition coefficient (Wildman–Crippen LogP) is 6.12. The molecule has 0 aromatic heterocycles. The van der Waals surface area contributed by atoms with Crippen LogP contribution in [-0.2, 0) is 16.7 Å². The number of halogens is 2. The van der Waals surface area contributed by atoms with E-state index in [-0.39, 0.29) is 71.1 Å². The summed E-state index contributed by atoms with van der Waals surface area (Å²) in [7, 11) is 1.64. The van der Waals surface area contributed by atoms with E-state index in [4.69, 9.17) is 24.4 Å². The fraction of sp³-hybridized carbons (Fsp3) is 0.533. The van der Waals surface area contributed by atoms with Crippen LogP contribution >= 0.6 is 17.0 Å². The summed E-state index contributed by atoms with van der Waals surface area (Å²) in [6.07, 6.45) is 1.74. The predicted molar refractivity (Wildman–Crippen MR) is 160 cm³/mol. The Bertz CT molecular complexity index is 1240. The highest BCUT2D eigenvalue weighted by molar-refractivity contribution is 8.93. The van der Waals surface area contributed by atoms with E-state index in [9.17, 15) is 4.79 Å². The maximum Gasteiger partial charge on any atom is 0.197 e. The molecule has 0 spiro atoms. The summed E-state index contributed by atoms with van der Waals surface area (Å²) in [4.78, 5) is 15.3. The average Bonchev–Trinajstić information content (AvgIpc) is 3.20. The third kappa shape index (κ3) is 6.54. The summed E-state index contributed by atoms with van der Waals surface area (Å²) in [5.41, 5.74) is 2.68. The number of ether oxygens (including phenoxy) is 4. The minimum Gasteiger partial charge on any atom is -0.494 e. The molecule has 2 aliphatic heterocycles. The van der Waals surface area contributed by atoms with E-state index in [1.54, 1.807) is 25.0 Å². The van der Waals surface area contributed by atoms with Gasteiger partial charge in [-0.15, -0.1) is 17.0 Å². The molecular weight excluding hydrogens is 581 g/mol. The third-order valence-corrected chi connectivity index (χ3v) is 7.11. The van der Waals surface area contributed by atoms with Crippen molar-refractivity contribution >= 4 is 34.3 Å². The lowest BCUT2D eigenvalue weighted by atomic mass is 9.84. The molecule has 2 N–H and O–H groups in total. The Hall–Kier alpha value is -2.85. The van der Waals surface area contributed by atoms with Crippen molar-refractivity contribution in [3.8, 4) is 17.2 Å². The number of amidine groups is 1. The molecule has 8 nitrogen and oxygen atoms in total. The largest absolute Gasteiger partial charge is 0.494 e. The molecule has 2 aromatic rings. The zero-order valence-electron chi connectivity index (χ0n) is 24.2.